The summed E-state index contributed by atoms with van der Waals surface area (Å²) in [5.41, 5.74) is -0.288. The summed E-state index contributed by atoms with van der Waals surface area (Å²) in [5.74, 6) is 0.0554. The van der Waals surface area contributed by atoms with Crippen LogP contribution in [0, 0.1) is 0 Å². The van der Waals surface area contributed by atoms with E-state index in [-0.39, 0.29) is 55.5 Å². The Bertz CT molecular complexity index is 1490. The van der Waals surface area contributed by atoms with Crippen molar-refractivity contribution < 1.29 is 41.3 Å². The monoisotopic (exact) mass is 630 g/mol. The van der Waals surface area contributed by atoms with Crippen LogP contribution in [0.1, 0.15) is 12.5 Å². The summed E-state index contributed by atoms with van der Waals surface area (Å²) in [6.45, 7) is 1.16. The van der Waals surface area contributed by atoms with Crippen molar-refractivity contribution in [1.82, 2.24) is 19.5 Å². The Morgan fingerprint density at radius 2 is 1.92 bits per heavy atom. The molecule has 2 N–H and O–H groups in total. The van der Waals surface area contributed by atoms with Gasteiger partial charge in [0.2, 0.25) is 5.82 Å². The van der Waals surface area contributed by atoms with Gasteiger partial charge in [-0.1, -0.05) is 28.4 Å². The third kappa shape index (κ3) is 6.02. The molecule has 1 aromatic carbocycles. The predicted molar refractivity (Wildman–Crippen MR) is 125 cm³/mol. The maximum Gasteiger partial charge on any atom is 0.469 e. The van der Waals surface area contributed by atoms with Gasteiger partial charge in [0.25, 0.3) is 5.89 Å². The van der Waals surface area contributed by atoms with E-state index in [4.69, 9.17) is 42.2 Å². The van der Waals surface area contributed by atoms with Crippen molar-refractivity contribution in [1.29, 1.82) is 0 Å². The first-order valence-electron chi connectivity index (χ1n) is 9.67. The third-order valence-electron chi connectivity index (χ3n) is 4.53. The second-order valence-corrected chi connectivity index (χ2v) is 10.2. The van der Waals surface area contributed by atoms with Crippen LogP contribution in [0.2, 0.25) is 10.0 Å². The zero-order valence-electron chi connectivity index (χ0n) is 17.7. The maximum absolute atomic E-state index is 13.1. The summed E-state index contributed by atoms with van der Waals surface area (Å²) in [5, 5.41) is 4.03. The van der Waals surface area contributed by atoms with Gasteiger partial charge in [0.1, 0.15) is 24.2 Å². The summed E-state index contributed by atoms with van der Waals surface area (Å²) in [6, 6.07) is 3.65. The normalized spacial score (nSPS) is 13.4. The number of hydrogen-bond donors (Lipinski definition) is 2. The quantitative estimate of drug-likeness (QED) is 0.235. The highest BCUT2D eigenvalue weighted by Gasteiger charge is 2.32. The van der Waals surface area contributed by atoms with Crippen LogP contribution in [0.15, 0.2) is 39.6 Å². The molecule has 0 amide bonds. The predicted octanol–water partition coefficient (Wildman–Crippen LogP) is 6.02. The Labute approximate surface area is 218 Å². The van der Waals surface area contributed by atoms with Gasteiger partial charge in [-0.15, -0.1) is 0 Å². The summed E-state index contributed by atoms with van der Waals surface area (Å²) in [7, 11) is -4.68. The number of halogens is 6. The van der Waals surface area contributed by atoms with Gasteiger partial charge in [0, 0.05) is 24.0 Å². The molecule has 0 spiro atoms. The van der Waals surface area contributed by atoms with E-state index in [1.807, 2.05) is 0 Å². The van der Waals surface area contributed by atoms with E-state index >= 15 is 0 Å². The number of hydrogen-bond acceptors (Lipinski definition) is 7. The van der Waals surface area contributed by atoms with E-state index in [2.05, 4.69) is 35.6 Å². The van der Waals surface area contributed by atoms with Crippen LogP contribution in [0.25, 0.3) is 28.6 Å². The molecule has 17 heteroatoms. The molecule has 3 aromatic heterocycles. The number of phosphoric ester groups is 1. The lowest BCUT2D eigenvalue weighted by molar-refractivity contribution is -0.137. The number of pyridine rings is 1. The molecule has 4 aromatic rings. The molecule has 0 fully saturated rings. The molecule has 0 unspecified atom stereocenters. The van der Waals surface area contributed by atoms with Crippen LogP contribution in [0.5, 0.6) is 5.75 Å². The van der Waals surface area contributed by atoms with E-state index in [0.29, 0.717) is 0 Å². The maximum atomic E-state index is 13.1. The molecule has 0 saturated heterocycles. The van der Waals surface area contributed by atoms with Crippen LogP contribution in [0.3, 0.4) is 0 Å². The number of alkyl halides is 3. The Morgan fingerprint density at radius 1 is 1.19 bits per heavy atom. The zero-order valence-corrected chi connectivity index (χ0v) is 21.7. The van der Waals surface area contributed by atoms with Crippen molar-refractivity contribution in [3.8, 4) is 28.7 Å². The first-order valence-corrected chi connectivity index (χ1v) is 12.7. The van der Waals surface area contributed by atoms with E-state index < -0.39 is 25.7 Å². The van der Waals surface area contributed by atoms with Crippen molar-refractivity contribution >= 4 is 52.6 Å². The molecular formula is C19H13BrCl2F3N4O6P. The Morgan fingerprint density at radius 3 is 2.58 bits per heavy atom. The number of benzene rings is 1. The van der Waals surface area contributed by atoms with Crippen molar-refractivity contribution in [2.45, 2.75) is 19.2 Å². The van der Waals surface area contributed by atoms with Crippen LogP contribution in [-0.2, 0) is 15.3 Å². The Hall–Kier alpha value is -2.19. The van der Waals surface area contributed by atoms with Gasteiger partial charge in [-0.05, 0) is 35.0 Å². The number of phosphoric acid groups is 1. The fraction of sp³-hybridized carbons (Fsp3) is 0.211. The molecule has 36 heavy (non-hydrogen) atoms. The van der Waals surface area contributed by atoms with Gasteiger partial charge in [-0.3, -0.25) is 4.52 Å². The van der Waals surface area contributed by atoms with Gasteiger partial charge >= 0.3 is 14.0 Å². The molecule has 4 rings (SSSR count). The first-order chi connectivity index (χ1) is 16.7. The molecule has 192 valence electrons. The Kier molecular flexibility index (Phi) is 7.41. The van der Waals surface area contributed by atoms with Crippen LogP contribution in [0.4, 0.5) is 13.2 Å². The SMILES string of the molecule is C[C@H](COc1cc(Cl)c(-c2noc(-c3cn4cc(C(F)(F)F)cc(Br)c4n3)n2)cc1Cl)OP(=O)(O)O. The molecule has 0 aliphatic carbocycles. The van der Waals surface area contributed by atoms with E-state index in [1.54, 1.807) is 0 Å². The lowest BCUT2D eigenvalue weighted by atomic mass is 10.2. The molecule has 3 heterocycles. The topological polar surface area (TPSA) is 132 Å². The van der Waals surface area contributed by atoms with E-state index in [1.165, 1.54) is 29.7 Å². The van der Waals surface area contributed by atoms with Crippen molar-refractivity contribution in [2.75, 3.05) is 6.61 Å². The second kappa shape index (κ2) is 9.93. The number of fused-ring (bicyclic) bond motifs is 1. The van der Waals surface area contributed by atoms with Crippen LogP contribution < -0.4 is 4.74 Å². The minimum absolute atomic E-state index is 0.0220. The van der Waals surface area contributed by atoms with Gasteiger partial charge < -0.3 is 23.4 Å². The van der Waals surface area contributed by atoms with Gasteiger partial charge in [-0.2, -0.15) is 18.2 Å². The number of ether oxygens (including phenoxy) is 1. The zero-order chi connectivity index (χ0) is 26.4. The summed E-state index contributed by atoms with van der Waals surface area (Å²) < 4.78 is 66.6. The highest BCUT2D eigenvalue weighted by Crippen LogP contribution is 2.39. The lowest BCUT2D eigenvalue weighted by Crippen LogP contribution is -2.17. The van der Waals surface area contributed by atoms with Crippen molar-refractivity contribution in [2.24, 2.45) is 0 Å². The van der Waals surface area contributed by atoms with Gasteiger partial charge in [-0.25, -0.2) is 9.55 Å². The van der Waals surface area contributed by atoms with Crippen LogP contribution in [-0.4, -0.2) is 42.0 Å². The molecular weight excluding hydrogens is 619 g/mol. The molecule has 0 bridgehead atoms. The van der Waals surface area contributed by atoms with Gasteiger partial charge in [0.15, 0.2) is 5.65 Å². The lowest BCUT2D eigenvalue weighted by Gasteiger charge is -2.15. The minimum atomic E-state index is -4.68. The smallest absolute Gasteiger partial charge is 0.469 e. The molecule has 1 atom stereocenters. The third-order valence-corrected chi connectivity index (χ3v) is 6.36. The number of aromatic nitrogens is 4. The van der Waals surface area contributed by atoms with Crippen molar-refractivity contribution in [3.63, 3.8) is 0 Å². The van der Waals surface area contributed by atoms with Crippen LogP contribution >= 0.6 is 47.0 Å². The average molecular weight is 632 g/mol. The first kappa shape index (κ1) is 26.9. The van der Waals surface area contributed by atoms with Crippen molar-refractivity contribution in [3.05, 3.63) is 50.7 Å². The average Bonchev–Trinajstić information content (AvgIpc) is 3.39. The highest BCUT2D eigenvalue weighted by molar-refractivity contribution is 9.10. The fourth-order valence-corrected chi connectivity index (χ4v) is 4.56. The number of nitrogens with zero attached hydrogens (tertiary/aromatic N) is 4. The summed E-state index contributed by atoms with van der Waals surface area (Å²) >= 11 is 15.6. The largest absolute Gasteiger partial charge is 0.489 e. The standard InChI is InChI=1S/C19H13BrCl2F3N4O6P/c1-8(35-36(30,31)32)7-33-15-4-12(21)10(3-13(15)22)16-27-18(34-28-16)14-6-29-5-9(19(23,24)25)2-11(20)17(29)26-14/h2-6,8H,7H2,1H3,(H2,30,31,32)/t8-/m1/s1. The molecule has 10 nitrogen and oxygen atoms in total. The fourth-order valence-electron chi connectivity index (χ4n) is 3.03. The summed E-state index contributed by atoms with van der Waals surface area (Å²) in [4.78, 5) is 26.1. The molecule has 0 saturated carbocycles. The number of imidazole rings is 1. The van der Waals surface area contributed by atoms with Gasteiger partial charge in [0.05, 0.1) is 20.1 Å². The second-order valence-electron chi connectivity index (χ2n) is 7.33. The Balaban J connectivity index is 1.58. The summed E-state index contributed by atoms with van der Waals surface area (Å²) in [6.07, 6.45) is -3.30. The van der Waals surface area contributed by atoms with E-state index in [0.717, 1.165) is 12.3 Å². The number of rotatable bonds is 7. The van der Waals surface area contributed by atoms with E-state index in [9.17, 15) is 17.7 Å². The molecule has 0 aliphatic heterocycles. The molecule has 0 aliphatic rings. The minimum Gasteiger partial charge on any atom is -0.489 e. The highest BCUT2D eigenvalue weighted by atomic mass is 79.9. The molecule has 0 radical (unpaired) electrons.